The third-order valence-electron chi connectivity index (χ3n) is 5.68. The van der Waals surface area contributed by atoms with Gasteiger partial charge in [0.05, 0.1) is 18.8 Å². The second kappa shape index (κ2) is 8.64. The van der Waals surface area contributed by atoms with Gasteiger partial charge >= 0.3 is 0 Å². The fourth-order valence-electron chi connectivity index (χ4n) is 4.40. The molecule has 0 aliphatic carbocycles. The van der Waals surface area contributed by atoms with Crippen molar-refractivity contribution in [3.05, 3.63) is 70.2 Å². The molecule has 2 fully saturated rings. The summed E-state index contributed by atoms with van der Waals surface area (Å²) in [7, 11) is 0. The predicted molar refractivity (Wildman–Crippen MR) is 112 cm³/mol. The molecule has 2 aliphatic rings. The maximum atomic E-state index is 13.5. The van der Waals surface area contributed by atoms with Gasteiger partial charge in [0.25, 0.3) is 5.91 Å². The summed E-state index contributed by atoms with van der Waals surface area (Å²) in [5, 5.41) is 0.599. The first kappa shape index (κ1) is 19.4. The molecule has 2 aromatic carbocycles. The lowest BCUT2D eigenvalue weighted by Crippen LogP contribution is -2.51. The Kier molecular flexibility index (Phi) is 6.00. The second-order valence-electron chi connectivity index (χ2n) is 7.79. The van der Waals surface area contributed by atoms with E-state index in [-0.39, 0.29) is 18.1 Å². The number of ether oxygens (including phenoxy) is 1. The van der Waals surface area contributed by atoms with Crippen LogP contribution in [-0.4, -0.2) is 54.6 Å². The Morgan fingerprint density at radius 1 is 1.11 bits per heavy atom. The highest BCUT2D eigenvalue weighted by atomic mass is 35.5. The molecule has 0 radical (unpaired) electrons. The molecule has 2 atom stereocenters. The number of likely N-dealkylation sites (tertiary alicyclic amines) is 1. The van der Waals surface area contributed by atoms with Gasteiger partial charge in [-0.1, -0.05) is 41.9 Å². The van der Waals surface area contributed by atoms with Gasteiger partial charge in [0.1, 0.15) is 0 Å². The van der Waals surface area contributed by atoms with E-state index in [4.69, 9.17) is 16.3 Å². The Balaban J connectivity index is 1.66. The minimum atomic E-state index is -0.0951. The van der Waals surface area contributed by atoms with E-state index < -0.39 is 0 Å². The molecular weight excluding hydrogens is 372 g/mol. The Labute approximate surface area is 172 Å². The smallest absolute Gasteiger partial charge is 0.254 e. The Hall–Kier alpha value is -1.88. The standard InChI is InChI=1S/C23H27ClN2O2/c1-17-13-19(15-20(24)14-17)23(27)26-11-12-28-21(16-25-9-5-6-10-25)22(26)18-7-3-2-4-8-18/h2-4,7-8,13-15,21-22H,5-6,9-12,16H2,1H3/t21-,22-/m0/s1. The number of morpholine rings is 1. The highest BCUT2D eigenvalue weighted by Gasteiger charge is 2.38. The Morgan fingerprint density at radius 3 is 2.57 bits per heavy atom. The van der Waals surface area contributed by atoms with Crippen LogP contribution < -0.4 is 0 Å². The van der Waals surface area contributed by atoms with E-state index in [2.05, 4.69) is 17.0 Å². The highest BCUT2D eigenvalue weighted by molar-refractivity contribution is 6.31. The van der Waals surface area contributed by atoms with Crippen molar-refractivity contribution in [3.63, 3.8) is 0 Å². The molecule has 4 rings (SSSR count). The van der Waals surface area contributed by atoms with Gasteiger partial charge in [-0.05, 0) is 62.2 Å². The van der Waals surface area contributed by atoms with Gasteiger partial charge in [0.15, 0.2) is 0 Å². The molecule has 0 bridgehead atoms. The molecule has 0 spiro atoms. The van der Waals surface area contributed by atoms with E-state index in [1.165, 1.54) is 12.8 Å². The molecule has 148 valence electrons. The SMILES string of the molecule is Cc1cc(Cl)cc(C(=O)N2CCO[C@@H](CN3CCCC3)[C@@H]2c2ccccc2)c1. The molecule has 2 heterocycles. The van der Waals surface area contributed by atoms with Crippen LogP contribution in [0, 0.1) is 6.92 Å². The van der Waals surface area contributed by atoms with Crippen LogP contribution in [0.1, 0.15) is 40.4 Å². The number of nitrogens with zero attached hydrogens (tertiary/aromatic N) is 2. The van der Waals surface area contributed by atoms with Crippen LogP contribution in [0.2, 0.25) is 5.02 Å². The quantitative estimate of drug-likeness (QED) is 0.768. The number of amides is 1. The third kappa shape index (κ3) is 4.24. The molecule has 2 aromatic rings. The van der Waals surface area contributed by atoms with Crippen molar-refractivity contribution >= 4 is 17.5 Å². The lowest BCUT2D eigenvalue weighted by Gasteiger charge is -2.43. The fraction of sp³-hybridized carbons (Fsp3) is 0.435. The average molecular weight is 399 g/mol. The molecule has 0 saturated carbocycles. The molecule has 5 heteroatoms. The van der Waals surface area contributed by atoms with Crippen molar-refractivity contribution in [1.82, 2.24) is 9.80 Å². The number of benzene rings is 2. The van der Waals surface area contributed by atoms with E-state index in [0.29, 0.717) is 23.7 Å². The number of rotatable bonds is 4. The van der Waals surface area contributed by atoms with Gasteiger partial charge in [-0.15, -0.1) is 0 Å². The first-order valence-corrected chi connectivity index (χ1v) is 10.5. The normalized spacial score (nSPS) is 23.1. The maximum absolute atomic E-state index is 13.5. The zero-order valence-corrected chi connectivity index (χ0v) is 17.1. The van der Waals surface area contributed by atoms with Crippen molar-refractivity contribution in [2.24, 2.45) is 0 Å². The molecule has 0 unspecified atom stereocenters. The largest absolute Gasteiger partial charge is 0.373 e. The molecule has 2 saturated heterocycles. The third-order valence-corrected chi connectivity index (χ3v) is 5.90. The summed E-state index contributed by atoms with van der Waals surface area (Å²) in [4.78, 5) is 17.9. The van der Waals surface area contributed by atoms with Crippen molar-refractivity contribution < 1.29 is 9.53 Å². The molecule has 0 aromatic heterocycles. The van der Waals surface area contributed by atoms with Crippen molar-refractivity contribution in [2.45, 2.75) is 31.9 Å². The van der Waals surface area contributed by atoms with Gasteiger partial charge in [-0.25, -0.2) is 0 Å². The zero-order valence-electron chi connectivity index (χ0n) is 16.3. The van der Waals surface area contributed by atoms with Gasteiger partial charge in [0, 0.05) is 23.7 Å². The van der Waals surface area contributed by atoms with Gasteiger partial charge in [-0.2, -0.15) is 0 Å². The maximum Gasteiger partial charge on any atom is 0.254 e. The van der Waals surface area contributed by atoms with Crippen LogP contribution in [0.25, 0.3) is 0 Å². The minimum absolute atomic E-state index is 0.0224. The summed E-state index contributed by atoms with van der Waals surface area (Å²) < 4.78 is 6.21. The first-order valence-electron chi connectivity index (χ1n) is 10.1. The van der Waals surface area contributed by atoms with Crippen molar-refractivity contribution in [1.29, 1.82) is 0 Å². The van der Waals surface area contributed by atoms with Crippen molar-refractivity contribution in [2.75, 3.05) is 32.8 Å². The molecular formula is C23H27ClN2O2. The van der Waals surface area contributed by atoms with Crippen LogP contribution >= 0.6 is 11.6 Å². The number of halogens is 1. The highest BCUT2D eigenvalue weighted by Crippen LogP contribution is 2.32. The summed E-state index contributed by atoms with van der Waals surface area (Å²) in [5.41, 5.74) is 2.76. The van der Waals surface area contributed by atoms with Gasteiger partial charge < -0.3 is 14.5 Å². The van der Waals surface area contributed by atoms with E-state index in [1.807, 2.05) is 42.2 Å². The van der Waals surface area contributed by atoms with Crippen LogP contribution in [0.3, 0.4) is 0 Å². The van der Waals surface area contributed by atoms with E-state index in [9.17, 15) is 4.79 Å². The molecule has 28 heavy (non-hydrogen) atoms. The number of hydrogen-bond donors (Lipinski definition) is 0. The molecule has 1 amide bonds. The van der Waals surface area contributed by atoms with Crippen molar-refractivity contribution in [3.8, 4) is 0 Å². The topological polar surface area (TPSA) is 32.8 Å². The number of aryl methyl sites for hydroxylation is 1. The summed E-state index contributed by atoms with van der Waals surface area (Å²) in [6.07, 6.45) is 2.46. The first-order chi connectivity index (χ1) is 13.6. The number of hydrogen-bond acceptors (Lipinski definition) is 3. The van der Waals surface area contributed by atoms with E-state index >= 15 is 0 Å². The minimum Gasteiger partial charge on any atom is -0.373 e. The molecule has 2 aliphatic heterocycles. The predicted octanol–water partition coefficient (Wildman–Crippen LogP) is 4.33. The lowest BCUT2D eigenvalue weighted by atomic mass is 9.96. The van der Waals surface area contributed by atoms with Crippen LogP contribution in [-0.2, 0) is 4.74 Å². The van der Waals surface area contributed by atoms with E-state index in [1.54, 1.807) is 6.07 Å². The van der Waals surface area contributed by atoms with Gasteiger partial charge in [-0.3, -0.25) is 4.79 Å². The van der Waals surface area contributed by atoms with E-state index in [0.717, 1.165) is 30.8 Å². The van der Waals surface area contributed by atoms with Crippen LogP contribution in [0.15, 0.2) is 48.5 Å². The second-order valence-corrected chi connectivity index (χ2v) is 8.22. The monoisotopic (exact) mass is 398 g/mol. The van der Waals surface area contributed by atoms with Crippen LogP contribution in [0.5, 0.6) is 0 Å². The number of carbonyl (C=O) groups excluding carboxylic acids is 1. The zero-order chi connectivity index (χ0) is 19.5. The summed E-state index contributed by atoms with van der Waals surface area (Å²) in [6, 6.07) is 15.7. The summed E-state index contributed by atoms with van der Waals surface area (Å²) in [5.74, 6) is 0.0224. The van der Waals surface area contributed by atoms with Gasteiger partial charge in [0.2, 0.25) is 0 Å². The Morgan fingerprint density at radius 2 is 1.86 bits per heavy atom. The number of carbonyl (C=O) groups is 1. The summed E-state index contributed by atoms with van der Waals surface area (Å²) >= 11 is 6.23. The lowest BCUT2D eigenvalue weighted by molar-refractivity contribution is -0.0707. The fourth-order valence-corrected chi connectivity index (χ4v) is 4.69. The Bertz CT molecular complexity index is 800. The molecule has 0 N–H and O–H groups in total. The molecule has 4 nitrogen and oxygen atoms in total. The average Bonchev–Trinajstić information content (AvgIpc) is 3.20. The summed E-state index contributed by atoms with van der Waals surface area (Å²) in [6.45, 7) is 6.20. The van der Waals surface area contributed by atoms with Crippen LogP contribution in [0.4, 0.5) is 0 Å².